The fourth-order valence-corrected chi connectivity index (χ4v) is 2.00. The lowest BCUT2D eigenvalue weighted by molar-refractivity contribution is -0.580. The molecule has 2 aromatic heterocycles. The average molecular weight is 240 g/mol. The lowest BCUT2D eigenvalue weighted by Gasteiger charge is -1.98. The largest absolute Gasteiger partial charge is 0.272 e. The Morgan fingerprint density at radius 3 is 2.59 bits per heavy atom. The van der Waals surface area contributed by atoms with E-state index in [1.54, 1.807) is 0 Å². The number of benzene rings is 1. The Hall–Kier alpha value is -2.07. The van der Waals surface area contributed by atoms with Crippen molar-refractivity contribution in [1.29, 1.82) is 0 Å². The van der Waals surface area contributed by atoms with E-state index < -0.39 is 0 Å². The standard InChI is InChI=1S/C13H9N3S/c17-13-11-8-4-5-9-16(11)15-12(14-13)10-6-2-1-3-7-10/h1-9H/p+1. The highest BCUT2D eigenvalue weighted by Gasteiger charge is 2.08. The zero-order valence-electron chi connectivity index (χ0n) is 9.00. The summed E-state index contributed by atoms with van der Waals surface area (Å²) in [7, 11) is 0. The quantitative estimate of drug-likeness (QED) is 0.524. The lowest BCUT2D eigenvalue weighted by atomic mass is 10.2. The second kappa shape index (κ2) is 4.07. The van der Waals surface area contributed by atoms with Gasteiger partial charge in [-0.3, -0.25) is 0 Å². The molecule has 0 aliphatic carbocycles. The van der Waals surface area contributed by atoms with Crippen molar-refractivity contribution in [3.63, 3.8) is 0 Å². The van der Waals surface area contributed by atoms with Crippen molar-refractivity contribution in [2.24, 2.45) is 0 Å². The molecule has 3 nitrogen and oxygen atoms in total. The van der Waals surface area contributed by atoms with E-state index in [0.29, 0.717) is 4.64 Å². The van der Waals surface area contributed by atoms with Gasteiger partial charge < -0.3 is 0 Å². The number of aromatic amines is 1. The van der Waals surface area contributed by atoms with Crippen LogP contribution in [-0.2, 0) is 0 Å². The van der Waals surface area contributed by atoms with Crippen molar-refractivity contribution in [2.75, 3.05) is 0 Å². The predicted octanol–water partition coefficient (Wildman–Crippen LogP) is 2.54. The molecule has 0 saturated carbocycles. The van der Waals surface area contributed by atoms with E-state index in [1.165, 1.54) is 0 Å². The fourth-order valence-electron chi connectivity index (χ4n) is 1.74. The molecule has 0 amide bonds. The second-order valence-electron chi connectivity index (χ2n) is 3.70. The summed E-state index contributed by atoms with van der Waals surface area (Å²) < 4.78 is 2.49. The minimum absolute atomic E-state index is 0.600. The number of pyridine rings is 1. The Labute approximate surface area is 103 Å². The predicted molar refractivity (Wildman–Crippen MR) is 68.0 cm³/mol. The maximum Gasteiger partial charge on any atom is 0.272 e. The first-order chi connectivity index (χ1) is 8.34. The molecular weight excluding hydrogens is 230 g/mol. The Balaban J connectivity index is 2.30. The third kappa shape index (κ3) is 1.83. The summed E-state index contributed by atoms with van der Waals surface area (Å²) in [6.07, 6.45) is 1.93. The van der Waals surface area contributed by atoms with Gasteiger partial charge in [-0.15, -0.1) is 5.10 Å². The summed E-state index contributed by atoms with van der Waals surface area (Å²) in [6.45, 7) is 0. The van der Waals surface area contributed by atoms with E-state index >= 15 is 0 Å². The van der Waals surface area contributed by atoms with Crippen molar-refractivity contribution in [1.82, 2.24) is 10.1 Å². The third-order valence-corrected chi connectivity index (χ3v) is 2.87. The molecule has 3 rings (SSSR count). The molecule has 3 aromatic rings. The first-order valence-electron chi connectivity index (χ1n) is 5.31. The van der Waals surface area contributed by atoms with Crippen LogP contribution in [0.3, 0.4) is 0 Å². The fraction of sp³-hybridized carbons (Fsp3) is 0. The molecule has 82 valence electrons. The van der Waals surface area contributed by atoms with Gasteiger partial charge in [0, 0.05) is 17.7 Å². The molecule has 4 heteroatoms. The Morgan fingerprint density at radius 1 is 1.00 bits per heavy atom. The van der Waals surface area contributed by atoms with E-state index in [2.05, 4.69) is 10.1 Å². The smallest absolute Gasteiger partial charge is 0.207 e. The minimum Gasteiger partial charge on any atom is -0.207 e. The SMILES string of the molecule is S=c1nc(-c2ccccc2)[nH][n+]2ccccc12. The number of hydrogen-bond acceptors (Lipinski definition) is 2. The highest BCUT2D eigenvalue weighted by atomic mass is 32.1. The maximum absolute atomic E-state index is 5.29. The number of aromatic nitrogens is 3. The van der Waals surface area contributed by atoms with Gasteiger partial charge in [0.2, 0.25) is 10.8 Å². The van der Waals surface area contributed by atoms with Gasteiger partial charge in [0.15, 0.2) is 5.82 Å². The molecular formula is C13H10N3S+. The van der Waals surface area contributed by atoms with Gasteiger partial charge in [-0.1, -0.05) is 47.1 Å². The molecule has 0 spiro atoms. The number of nitrogens with one attached hydrogen (secondary N) is 1. The average Bonchev–Trinajstić information content (AvgIpc) is 2.40. The Kier molecular flexibility index (Phi) is 2.42. The van der Waals surface area contributed by atoms with Crippen LogP contribution in [0.25, 0.3) is 16.9 Å². The zero-order valence-corrected chi connectivity index (χ0v) is 9.82. The van der Waals surface area contributed by atoms with Crippen molar-refractivity contribution in [3.05, 3.63) is 59.4 Å². The van der Waals surface area contributed by atoms with Crippen molar-refractivity contribution < 1.29 is 4.52 Å². The first kappa shape index (κ1) is 10.1. The molecule has 0 saturated heterocycles. The zero-order chi connectivity index (χ0) is 11.7. The number of hydrogen-bond donors (Lipinski definition) is 1. The summed E-state index contributed by atoms with van der Waals surface area (Å²) in [5.41, 5.74) is 1.93. The van der Waals surface area contributed by atoms with Crippen molar-refractivity contribution in [2.45, 2.75) is 0 Å². The van der Waals surface area contributed by atoms with Gasteiger partial charge in [0.05, 0.1) is 0 Å². The van der Waals surface area contributed by atoms with Gasteiger partial charge in [-0.2, -0.15) is 0 Å². The molecule has 0 aliphatic rings. The number of nitrogens with zero attached hydrogens (tertiary/aromatic N) is 2. The van der Waals surface area contributed by atoms with E-state index in [0.717, 1.165) is 16.9 Å². The van der Waals surface area contributed by atoms with Crippen LogP contribution in [-0.4, -0.2) is 10.1 Å². The minimum atomic E-state index is 0.600. The summed E-state index contributed by atoms with van der Waals surface area (Å²) >= 11 is 5.29. The maximum atomic E-state index is 5.29. The monoisotopic (exact) mass is 240 g/mol. The van der Waals surface area contributed by atoms with Gasteiger partial charge in [0.1, 0.15) is 0 Å². The van der Waals surface area contributed by atoms with Gasteiger partial charge in [-0.25, -0.2) is 4.98 Å². The van der Waals surface area contributed by atoms with Gasteiger partial charge in [-0.05, 0) is 6.07 Å². The molecule has 0 aliphatic heterocycles. The highest BCUT2D eigenvalue weighted by Crippen LogP contribution is 2.12. The van der Waals surface area contributed by atoms with Crippen molar-refractivity contribution >= 4 is 17.7 Å². The van der Waals surface area contributed by atoms with E-state index in [1.807, 2.05) is 59.2 Å². The molecule has 0 fully saturated rings. The van der Waals surface area contributed by atoms with Crippen LogP contribution in [0.5, 0.6) is 0 Å². The van der Waals surface area contributed by atoms with E-state index in [9.17, 15) is 0 Å². The van der Waals surface area contributed by atoms with E-state index in [-0.39, 0.29) is 0 Å². The van der Waals surface area contributed by atoms with Crippen LogP contribution in [0.4, 0.5) is 0 Å². The number of rotatable bonds is 1. The van der Waals surface area contributed by atoms with Crippen LogP contribution < -0.4 is 4.52 Å². The normalized spacial score (nSPS) is 10.6. The second-order valence-corrected chi connectivity index (χ2v) is 4.09. The van der Waals surface area contributed by atoms with Crippen molar-refractivity contribution in [3.8, 4) is 11.4 Å². The molecule has 17 heavy (non-hydrogen) atoms. The molecule has 0 bridgehead atoms. The molecule has 0 unspecified atom stereocenters. The van der Waals surface area contributed by atoms with Crippen LogP contribution in [0, 0.1) is 4.64 Å². The summed E-state index contributed by atoms with van der Waals surface area (Å²) in [5.74, 6) is 0.777. The van der Waals surface area contributed by atoms with Crippen LogP contribution in [0.15, 0.2) is 54.7 Å². The lowest BCUT2D eigenvalue weighted by Crippen LogP contribution is -2.27. The third-order valence-electron chi connectivity index (χ3n) is 2.57. The molecule has 2 heterocycles. The van der Waals surface area contributed by atoms with E-state index in [4.69, 9.17) is 12.2 Å². The Morgan fingerprint density at radius 2 is 1.76 bits per heavy atom. The van der Waals surface area contributed by atoms with Gasteiger partial charge in [0.25, 0.3) is 5.52 Å². The molecule has 0 atom stereocenters. The van der Waals surface area contributed by atoms with Gasteiger partial charge >= 0.3 is 0 Å². The summed E-state index contributed by atoms with van der Waals surface area (Å²) in [4.78, 5) is 4.41. The van der Waals surface area contributed by atoms with Crippen LogP contribution in [0.1, 0.15) is 0 Å². The summed E-state index contributed by atoms with van der Waals surface area (Å²) in [5, 5.41) is 3.22. The van der Waals surface area contributed by atoms with Crippen LogP contribution in [0.2, 0.25) is 0 Å². The summed E-state index contributed by atoms with van der Waals surface area (Å²) in [6, 6.07) is 15.8. The topological polar surface area (TPSA) is 32.8 Å². The molecule has 0 radical (unpaired) electrons. The first-order valence-corrected chi connectivity index (χ1v) is 5.71. The highest BCUT2D eigenvalue weighted by molar-refractivity contribution is 7.71. The molecule has 1 aromatic carbocycles. The Bertz CT molecular complexity index is 719. The number of H-pyrrole nitrogens is 1. The van der Waals surface area contributed by atoms with Crippen LogP contribution >= 0.6 is 12.2 Å². The number of fused-ring (bicyclic) bond motifs is 1. The molecule has 1 N–H and O–H groups in total.